The van der Waals surface area contributed by atoms with E-state index in [9.17, 15) is 4.79 Å². The maximum Gasteiger partial charge on any atom is 0.291 e. The molecular weight excluding hydrogens is 406 g/mol. The number of aryl methyl sites for hydroxylation is 2. The van der Waals surface area contributed by atoms with Crippen molar-refractivity contribution in [2.45, 2.75) is 26.8 Å². The number of hydrogen-bond acceptors (Lipinski definition) is 6. The first-order valence-electron chi connectivity index (χ1n) is 10.4. The lowest BCUT2D eigenvalue weighted by molar-refractivity contribution is 0.0996. The quantitative estimate of drug-likeness (QED) is 0.394. The predicted molar refractivity (Wildman–Crippen MR) is 120 cm³/mol. The maximum atomic E-state index is 12.4. The standard InChI is InChI=1S/C24H21N5O3/c1-3-10-29-14-25-19-12-16(8-9-20(19)29)22-27-24(32-28-22)17-7-6-15(2)18(13-17)26-23(30)21-5-4-11-31-21/h4-9,11-14H,3,10H2,1-2H3,(H,26,30). The largest absolute Gasteiger partial charge is 0.459 e. The Morgan fingerprint density at radius 1 is 1.12 bits per heavy atom. The van der Waals surface area contributed by atoms with Crippen LogP contribution < -0.4 is 5.32 Å². The monoisotopic (exact) mass is 427 g/mol. The molecule has 0 radical (unpaired) electrons. The summed E-state index contributed by atoms with van der Waals surface area (Å²) in [6, 6.07) is 14.8. The molecule has 2 aromatic carbocycles. The highest BCUT2D eigenvalue weighted by Crippen LogP contribution is 2.28. The first-order valence-corrected chi connectivity index (χ1v) is 10.4. The van der Waals surface area contributed by atoms with E-state index in [1.165, 1.54) is 6.26 Å². The number of anilines is 1. The summed E-state index contributed by atoms with van der Waals surface area (Å²) in [5.41, 5.74) is 5.05. The highest BCUT2D eigenvalue weighted by atomic mass is 16.5. The van der Waals surface area contributed by atoms with Crippen molar-refractivity contribution < 1.29 is 13.7 Å². The molecule has 5 aromatic rings. The molecule has 0 saturated carbocycles. The summed E-state index contributed by atoms with van der Waals surface area (Å²) < 4.78 is 12.8. The van der Waals surface area contributed by atoms with Crippen LogP contribution in [-0.2, 0) is 6.54 Å². The van der Waals surface area contributed by atoms with Gasteiger partial charge in [-0.15, -0.1) is 0 Å². The lowest BCUT2D eigenvalue weighted by atomic mass is 10.1. The fourth-order valence-corrected chi connectivity index (χ4v) is 3.56. The van der Waals surface area contributed by atoms with Crippen molar-refractivity contribution in [2.24, 2.45) is 0 Å². The summed E-state index contributed by atoms with van der Waals surface area (Å²) in [5.74, 6) is 0.766. The molecule has 1 amide bonds. The number of rotatable bonds is 6. The third-order valence-electron chi connectivity index (χ3n) is 5.25. The normalized spacial score (nSPS) is 11.2. The van der Waals surface area contributed by atoms with Crippen LogP contribution in [0, 0.1) is 6.92 Å². The van der Waals surface area contributed by atoms with Crippen molar-refractivity contribution >= 4 is 22.6 Å². The molecule has 0 fully saturated rings. The minimum absolute atomic E-state index is 0.242. The van der Waals surface area contributed by atoms with Gasteiger partial charge in [-0.2, -0.15) is 4.98 Å². The average Bonchev–Trinajstić information content (AvgIpc) is 3.56. The zero-order valence-electron chi connectivity index (χ0n) is 17.7. The fraction of sp³-hybridized carbons (Fsp3) is 0.167. The Bertz CT molecular complexity index is 1400. The van der Waals surface area contributed by atoms with Gasteiger partial charge in [0.25, 0.3) is 11.8 Å². The van der Waals surface area contributed by atoms with Crippen molar-refractivity contribution in [2.75, 3.05) is 5.32 Å². The van der Waals surface area contributed by atoms with Crippen molar-refractivity contribution in [1.29, 1.82) is 0 Å². The molecule has 8 heteroatoms. The van der Waals surface area contributed by atoms with Gasteiger partial charge >= 0.3 is 0 Å². The molecule has 1 N–H and O–H groups in total. The van der Waals surface area contributed by atoms with E-state index < -0.39 is 0 Å². The van der Waals surface area contributed by atoms with Gasteiger partial charge in [0.1, 0.15) is 0 Å². The SMILES string of the molecule is CCCn1cnc2cc(-c3noc(-c4ccc(C)c(NC(=O)c5ccco5)c4)n3)ccc21. The topological polar surface area (TPSA) is 99.0 Å². The Morgan fingerprint density at radius 2 is 2.00 bits per heavy atom. The smallest absolute Gasteiger partial charge is 0.291 e. The van der Waals surface area contributed by atoms with E-state index in [1.807, 2.05) is 49.6 Å². The number of benzene rings is 2. The van der Waals surface area contributed by atoms with E-state index in [1.54, 1.807) is 12.1 Å². The second kappa shape index (κ2) is 8.14. The Morgan fingerprint density at radius 3 is 2.81 bits per heavy atom. The minimum Gasteiger partial charge on any atom is -0.459 e. The number of fused-ring (bicyclic) bond motifs is 1. The van der Waals surface area contributed by atoms with Gasteiger partial charge in [-0.3, -0.25) is 4.79 Å². The minimum atomic E-state index is -0.322. The second-order valence-corrected chi connectivity index (χ2v) is 7.53. The van der Waals surface area contributed by atoms with Gasteiger partial charge in [0.15, 0.2) is 5.76 Å². The molecule has 0 spiro atoms. The van der Waals surface area contributed by atoms with Gasteiger partial charge in [-0.1, -0.05) is 18.1 Å². The summed E-state index contributed by atoms with van der Waals surface area (Å²) in [7, 11) is 0. The van der Waals surface area contributed by atoms with E-state index in [0.29, 0.717) is 23.0 Å². The van der Waals surface area contributed by atoms with Crippen LogP contribution in [0.3, 0.4) is 0 Å². The highest BCUT2D eigenvalue weighted by Gasteiger charge is 2.15. The summed E-state index contributed by atoms with van der Waals surface area (Å²) in [4.78, 5) is 21.4. The zero-order valence-corrected chi connectivity index (χ0v) is 17.7. The van der Waals surface area contributed by atoms with Crippen LogP contribution in [0.15, 0.2) is 70.1 Å². The molecule has 0 aliphatic carbocycles. The Hall–Kier alpha value is -4.20. The summed E-state index contributed by atoms with van der Waals surface area (Å²) in [5, 5.41) is 7.00. The van der Waals surface area contributed by atoms with Crippen molar-refractivity contribution in [1.82, 2.24) is 19.7 Å². The first kappa shape index (κ1) is 19.7. The van der Waals surface area contributed by atoms with Gasteiger partial charge < -0.3 is 18.8 Å². The van der Waals surface area contributed by atoms with E-state index in [4.69, 9.17) is 8.94 Å². The maximum absolute atomic E-state index is 12.4. The molecule has 160 valence electrons. The van der Waals surface area contributed by atoms with Crippen molar-refractivity contribution in [3.8, 4) is 22.8 Å². The van der Waals surface area contributed by atoms with E-state index >= 15 is 0 Å². The second-order valence-electron chi connectivity index (χ2n) is 7.53. The number of hydrogen-bond donors (Lipinski definition) is 1. The molecule has 32 heavy (non-hydrogen) atoms. The van der Waals surface area contributed by atoms with Crippen molar-refractivity contribution in [3.63, 3.8) is 0 Å². The number of amides is 1. The molecule has 0 atom stereocenters. The van der Waals surface area contributed by atoms with Crippen LogP contribution in [0.5, 0.6) is 0 Å². The van der Waals surface area contributed by atoms with Gasteiger partial charge in [0.2, 0.25) is 5.82 Å². The van der Waals surface area contributed by atoms with Crippen LogP contribution in [0.4, 0.5) is 5.69 Å². The third-order valence-corrected chi connectivity index (χ3v) is 5.25. The molecule has 0 unspecified atom stereocenters. The summed E-state index contributed by atoms with van der Waals surface area (Å²) in [6.45, 7) is 4.97. The number of imidazole rings is 1. The Labute approximate surface area is 183 Å². The number of carbonyl (C=O) groups excluding carboxylic acids is 1. The van der Waals surface area contributed by atoms with Crippen molar-refractivity contribution in [3.05, 3.63) is 72.4 Å². The highest BCUT2D eigenvalue weighted by molar-refractivity contribution is 6.02. The Kier molecular flexibility index (Phi) is 5.03. The molecule has 3 aromatic heterocycles. The van der Waals surface area contributed by atoms with E-state index in [2.05, 4.69) is 31.9 Å². The van der Waals surface area contributed by atoms with Gasteiger partial charge in [-0.05, 0) is 61.4 Å². The number of nitrogens with one attached hydrogen (secondary N) is 1. The molecular formula is C24H21N5O3. The van der Waals surface area contributed by atoms with Gasteiger partial charge in [0.05, 0.1) is 23.6 Å². The van der Waals surface area contributed by atoms with Gasteiger partial charge in [0, 0.05) is 23.4 Å². The molecule has 0 saturated heterocycles. The Balaban J connectivity index is 1.42. The van der Waals surface area contributed by atoms with E-state index in [0.717, 1.165) is 35.1 Å². The molecule has 0 aliphatic rings. The average molecular weight is 427 g/mol. The van der Waals surface area contributed by atoms with Crippen LogP contribution in [-0.4, -0.2) is 25.6 Å². The molecule has 0 aliphatic heterocycles. The molecule has 5 rings (SSSR count). The fourth-order valence-electron chi connectivity index (χ4n) is 3.56. The first-order chi connectivity index (χ1) is 15.6. The van der Waals surface area contributed by atoms with Crippen LogP contribution in [0.25, 0.3) is 33.9 Å². The zero-order chi connectivity index (χ0) is 22.1. The third kappa shape index (κ3) is 3.66. The van der Waals surface area contributed by atoms with Crippen LogP contribution in [0.1, 0.15) is 29.5 Å². The number of aromatic nitrogens is 4. The summed E-state index contributed by atoms with van der Waals surface area (Å²) in [6.07, 6.45) is 4.36. The lowest BCUT2D eigenvalue weighted by Gasteiger charge is -2.08. The molecule has 0 bridgehead atoms. The van der Waals surface area contributed by atoms with E-state index in [-0.39, 0.29) is 11.7 Å². The lowest BCUT2D eigenvalue weighted by Crippen LogP contribution is -2.11. The van der Waals surface area contributed by atoms with Gasteiger partial charge in [-0.25, -0.2) is 4.98 Å². The summed E-state index contributed by atoms with van der Waals surface area (Å²) >= 11 is 0. The molecule has 3 heterocycles. The predicted octanol–water partition coefficient (Wildman–Crippen LogP) is 5.32. The molecule has 8 nitrogen and oxygen atoms in total. The van der Waals surface area contributed by atoms with Crippen LogP contribution in [0.2, 0.25) is 0 Å². The van der Waals surface area contributed by atoms with Crippen LogP contribution >= 0.6 is 0 Å². The number of nitrogens with zero attached hydrogens (tertiary/aromatic N) is 4. The number of carbonyl (C=O) groups is 1. The number of furan rings is 1.